The molecule has 1 rings (SSSR count). The molecule has 1 aromatic rings. The molecule has 0 radical (unpaired) electrons. The largest absolute Gasteiger partial charge is 0.513 e. The summed E-state index contributed by atoms with van der Waals surface area (Å²) in [5, 5.41) is 9.82. The van der Waals surface area contributed by atoms with Crippen LogP contribution in [0.25, 0.3) is 0 Å². The van der Waals surface area contributed by atoms with Crippen molar-refractivity contribution in [3.8, 4) is 11.5 Å². The van der Waals surface area contributed by atoms with E-state index in [9.17, 15) is 24.3 Å². The Labute approximate surface area is 254 Å². The number of nitrogens with two attached hydrogens (primary N) is 1. The van der Waals surface area contributed by atoms with Crippen LogP contribution < -0.4 is 15.2 Å². The number of carboxylic acids is 1. The van der Waals surface area contributed by atoms with Gasteiger partial charge in [-0.2, -0.15) is 0 Å². The molecule has 1 aromatic carbocycles. The zero-order valence-electron chi connectivity index (χ0n) is 26.8. The van der Waals surface area contributed by atoms with E-state index in [1.54, 1.807) is 27.7 Å². The van der Waals surface area contributed by atoms with Gasteiger partial charge in [0.1, 0.15) is 17.7 Å². The van der Waals surface area contributed by atoms with E-state index in [0.29, 0.717) is 12.0 Å². The standard InChI is InChI=1S/C31H49NO11/c1-10-18(4)16-38-28(35)41-23-14-13-22(15-24(23)42-29(36)39-17-19(5)11-2)25(26(32)27(33)34)20(6)21(7)40-30(37)43-31(8,9)12-3/h13-15,18-21,25-26H,10-12,16-17,32H2,1-9H3,(H,33,34)/t18?,19?,20?,21?,25?,26-/m0/s1. The molecule has 5 unspecified atom stereocenters. The van der Waals surface area contributed by atoms with Crippen LogP contribution in [0.3, 0.4) is 0 Å². The van der Waals surface area contributed by atoms with Gasteiger partial charge in [0.2, 0.25) is 0 Å². The Morgan fingerprint density at radius 1 is 0.837 bits per heavy atom. The van der Waals surface area contributed by atoms with Crippen LogP contribution in [-0.4, -0.2) is 60.5 Å². The summed E-state index contributed by atoms with van der Waals surface area (Å²) in [6, 6.07) is 2.73. The number of carbonyl (C=O) groups is 4. The fraction of sp³-hybridized carbons (Fsp3) is 0.677. The van der Waals surface area contributed by atoms with Gasteiger partial charge in [-0.15, -0.1) is 0 Å². The summed E-state index contributed by atoms with van der Waals surface area (Å²) < 4.78 is 31.9. The second-order valence-electron chi connectivity index (χ2n) is 11.6. The fourth-order valence-corrected chi connectivity index (χ4v) is 3.66. The first kappa shape index (κ1) is 37.5. The molecule has 12 nitrogen and oxygen atoms in total. The van der Waals surface area contributed by atoms with Crippen LogP contribution in [0.4, 0.5) is 14.4 Å². The lowest BCUT2D eigenvalue weighted by molar-refractivity contribution is -0.139. The third-order valence-corrected chi connectivity index (χ3v) is 7.58. The Bertz CT molecular complexity index is 1070. The van der Waals surface area contributed by atoms with E-state index >= 15 is 0 Å². The highest BCUT2D eigenvalue weighted by Crippen LogP contribution is 2.37. The topological polar surface area (TPSA) is 170 Å². The van der Waals surface area contributed by atoms with E-state index in [-0.39, 0.29) is 36.5 Å². The maximum Gasteiger partial charge on any atom is 0.513 e. The van der Waals surface area contributed by atoms with Crippen molar-refractivity contribution in [1.29, 1.82) is 0 Å². The summed E-state index contributed by atoms with van der Waals surface area (Å²) in [4.78, 5) is 49.4. The first-order valence-corrected chi connectivity index (χ1v) is 14.8. The average Bonchev–Trinajstić information content (AvgIpc) is 2.95. The highest BCUT2D eigenvalue weighted by atomic mass is 16.7. The molecule has 0 aliphatic carbocycles. The molecule has 0 spiro atoms. The van der Waals surface area contributed by atoms with E-state index in [2.05, 4.69) is 0 Å². The predicted octanol–water partition coefficient (Wildman–Crippen LogP) is 6.67. The Morgan fingerprint density at radius 2 is 1.35 bits per heavy atom. The van der Waals surface area contributed by atoms with Crippen LogP contribution in [0.1, 0.15) is 93.1 Å². The van der Waals surface area contributed by atoms with Gasteiger partial charge in [-0.25, -0.2) is 14.4 Å². The van der Waals surface area contributed by atoms with Crippen LogP contribution in [0.15, 0.2) is 18.2 Å². The van der Waals surface area contributed by atoms with Crippen LogP contribution in [0.2, 0.25) is 0 Å². The quantitative estimate of drug-likeness (QED) is 0.116. The van der Waals surface area contributed by atoms with Crippen molar-refractivity contribution in [2.24, 2.45) is 23.5 Å². The second-order valence-corrected chi connectivity index (χ2v) is 11.6. The third kappa shape index (κ3) is 12.7. The lowest BCUT2D eigenvalue weighted by Crippen LogP contribution is -2.43. The molecule has 0 aliphatic heterocycles. The molecule has 244 valence electrons. The van der Waals surface area contributed by atoms with Crippen molar-refractivity contribution < 1.29 is 52.7 Å². The van der Waals surface area contributed by atoms with E-state index < -0.39 is 54.0 Å². The van der Waals surface area contributed by atoms with Crippen LogP contribution >= 0.6 is 0 Å². The number of aliphatic carboxylic acids is 1. The minimum absolute atomic E-state index is 0.0833. The third-order valence-electron chi connectivity index (χ3n) is 7.58. The van der Waals surface area contributed by atoms with Gasteiger partial charge in [0.05, 0.1) is 13.2 Å². The van der Waals surface area contributed by atoms with Crippen molar-refractivity contribution >= 4 is 24.4 Å². The van der Waals surface area contributed by atoms with Gasteiger partial charge >= 0.3 is 24.4 Å². The SMILES string of the molecule is CCC(C)COC(=O)Oc1ccc(C(C(C)C(C)OC(=O)OC(C)(C)CC)[C@H](N)C(=O)O)cc1OC(=O)OCC(C)CC. The summed E-state index contributed by atoms with van der Waals surface area (Å²) in [5.74, 6) is -3.06. The minimum Gasteiger partial charge on any atom is -0.480 e. The Balaban J connectivity index is 3.40. The van der Waals surface area contributed by atoms with Gasteiger partial charge in [0, 0.05) is 11.8 Å². The monoisotopic (exact) mass is 611 g/mol. The van der Waals surface area contributed by atoms with Gasteiger partial charge in [-0.3, -0.25) is 4.79 Å². The smallest absolute Gasteiger partial charge is 0.480 e. The van der Waals surface area contributed by atoms with Crippen molar-refractivity contribution in [3.63, 3.8) is 0 Å². The maximum absolute atomic E-state index is 12.5. The molecule has 0 saturated carbocycles. The first-order valence-electron chi connectivity index (χ1n) is 14.8. The zero-order chi connectivity index (χ0) is 32.9. The molecule has 0 bridgehead atoms. The van der Waals surface area contributed by atoms with Gasteiger partial charge in [0.15, 0.2) is 11.5 Å². The lowest BCUT2D eigenvalue weighted by atomic mass is 9.79. The number of hydrogen-bond donors (Lipinski definition) is 2. The fourth-order valence-electron chi connectivity index (χ4n) is 3.66. The number of benzene rings is 1. The molecule has 0 aliphatic rings. The number of rotatable bonds is 16. The zero-order valence-corrected chi connectivity index (χ0v) is 26.8. The van der Waals surface area contributed by atoms with Gasteiger partial charge in [-0.1, -0.05) is 60.5 Å². The summed E-state index contributed by atoms with van der Waals surface area (Å²) >= 11 is 0. The van der Waals surface area contributed by atoms with Gasteiger partial charge in [-0.05, 0) is 56.7 Å². The molecular formula is C31H49NO11. The highest BCUT2D eigenvalue weighted by molar-refractivity contribution is 5.75. The molecule has 0 fully saturated rings. The average molecular weight is 612 g/mol. The normalized spacial score (nSPS) is 15.6. The lowest BCUT2D eigenvalue weighted by Gasteiger charge is -2.32. The van der Waals surface area contributed by atoms with E-state index in [0.717, 1.165) is 12.8 Å². The number of carboxylic acid groups (broad SMARTS) is 1. The van der Waals surface area contributed by atoms with E-state index in [1.165, 1.54) is 18.2 Å². The predicted molar refractivity (Wildman–Crippen MR) is 158 cm³/mol. The van der Waals surface area contributed by atoms with Crippen molar-refractivity contribution in [2.45, 2.75) is 105 Å². The molecule has 6 atom stereocenters. The summed E-state index contributed by atoms with van der Waals surface area (Å²) in [7, 11) is 0. The number of ether oxygens (including phenoxy) is 6. The Morgan fingerprint density at radius 3 is 1.81 bits per heavy atom. The van der Waals surface area contributed by atoms with Crippen LogP contribution in [0, 0.1) is 17.8 Å². The number of carbonyl (C=O) groups excluding carboxylic acids is 3. The van der Waals surface area contributed by atoms with Gasteiger partial charge < -0.3 is 39.3 Å². The Kier molecular flexibility index (Phi) is 15.3. The van der Waals surface area contributed by atoms with Crippen molar-refractivity contribution in [2.75, 3.05) is 13.2 Å². The molecule has 0 amide bonds. The minimum atomic E-state index is -1.44. The molecule has 0 aromatic heterocycles. The van der Waals surface area contributed by atoms with E-state index in [1.807, 2.05) is 34.6 Å². The first-order chi connectivity index (χ1) is 20.0. The molecule has 3 N–H and O–H groups in total. The van der Waals surface area contributed by atoms with Crippen LogP contribution in [0.5, 0.6) is 11.5 Å². The van der Waals surface area contributed by atoms with E-state index in [4.69, 9.17) is 34.2 Å². The summed E-state index contributed by atoms with van der Waals surface area (Å²) in [6.07, 6.45) is -1.66. The number of hydrogen-bond acceptors (Lipinski definition) is 11. The van der Waals surface area contributed by atoms with Crippen LogP contribution in [-0.2, 0) is 23.7 Å². The molecule has 0 heterocycles. The molecule has 43 heavy (non-hydrogen) atoms. The second kappa shape index (κ2) is 17.5. The summed E-state index contributed by atoms with van der Waals surface area (Å²) in [6.45, 7) is 16.6. The highest BCUT2D eigenvalue weighted by Gasteiger charge is 2.36. The summed E-state index contributed by atoms with van der Waals surface area (Å²) in [5.41, 5.74) is 5.70. The molecule has 12 heteroatoms. The maximum atomic E-state index is 12.5. The Hall–Kier alpha value is -3.54. The van der Waals surface area contributed by atoms with Gasteiger partial charge in [0.25, 0.3) is 0 Å². The molecule has 0 saturated heterocycles. The van der Waals surface area contributed by atoms with Crippen molar-refractivity contribution in [3.05, 3.63) is 23.8 Å². The van der Waals surface area contributed by atoms with Crippen molar-refractivity contribution in [1.82, 2.24) is 0 Å². The molecular weight excluding hydrogens is 562 g/mol.